The van der Waals surface area contributed by atoms with E-state index in [0.717, 1.165) is 11.1 Å². The van der Waals surface area contributed by atoms with Gasteiger partial charge < -0.3 is 33.5 Å². The molecule has 0 unspecified atom stereocenters. The van der Waals surface area contributed by atoms with Crippen molar-refractivity contribution < 1.29 is 43.1 Å². The number of carbonyl (C=O) groups is 2. The minimum atomic E-state index is -1.24. The van der Waals surface area contributed by atoms with Crippen molar-refractivity contribution in [3.63, 3.8) is 0 Å². The maximum absolute atomic E-state index is 13.4. The summed E-state index contributed by atoms with van der Waals surface area (Å²) in [4.78, 5) is 25.9. The first-order valence-corrected chi connectivity index (χ1v) is 15.9. The Morgan fingerprint density at radius 1 is 0.592 bits per heavy atom. The number of carbonyl (C=O) groups excluding carboxylic acids is 2. The Labute approximate surface area is 284 Å². The molecule has 9 nitrogen and oxygen atoms in total. The van der Waals surface area contributed by atoms with Gasteiger partial charge in [0.2, 0.25) is 6.29 Å². The fourth-order valence-corrected chi connectivity index (χ4v) is 5.30. The molecule has 1 saturated heterocycles. The molecule has 0 bridgehead atoms. The highest BCUT2D eigenvalue weighted by Crippen LogP contribution is 2.31. The molecule has 250 valence electrons. The Bertz CT molecular complexity index is 1750. The van der Waals surface area contributed by atoms with E-state index in [1.165, 1.54) is 0 Å². The van der Waals surface area contributed by atoms with Crippen LogP contribution in [0, 0.1) is 0 Å². The fourth-order valence-electron chi connectivity index (χ4n) is 5.30. The normalized spacial score (nSPS) is 20.2. The number of ether oxygens (including phenoxy) is 6. The zero-order valence-corrected chi connectivity index (χ0v) is 26.6. The molecule has 5 aromatic rings. The van der Waals surface area contributed by atoms with Gasteiger partial charge in [-0.3, -0.25) is 0 Å². The monoisotopic (exact) mass is 660 g/mol. The first-order valence-electron chi connectivity index (χ1n) is 15.9. The van der Waals surface area contributed by atoms with Crippen LogP contribution in [-0.2, 0) is 32.2 Å². The van der Waals surface area contributed by atoms with Gasteiger partial charge in [-0.25, -0.2) is 9.59 Å². The SMILES string of the molecule is O=C(Oc1ccc(O[C@H]2O[C@H](COCc3ccccc3)[C@@H](O)[C@H](OCc3ccccc3)[C@@H]2OC(=O)c2ccccc2)cc1)c1ccccc1. The molecule has 1 aliphatic rings. The second kappa shape index (κ2) is 16.7. The van der Waals surface area contributed by atoms with Crippen LogP contribution < -0.4 is 9.47 Å². The van der Waals surface area contributed by atoms with E-state index >= 15 is 0 Å². The highest BCUT2D eigenvalue weighted by atomic mass is 16.7. The summed E-state index contributed by atoms with van der Waals surface area (Å²) < 4.78 is 36.3. The van der Waals surface area contributed by atoms with Crippen molar-refractivity contribution in [2.24, 2.45) is 0 Å². The quantitative estimate of drug-likeness (QED) is 0.113. The molecule has 0 aliphatic carbocycles. The van der Waals surface area contributed by atoms with Crippen molar-refractivity contribution >= 4 is 11.9 Å². The van der Waals surface area contributed by atoms with Crippen LogP contribution in [0.3, 0.4) is 0 Å². The van der Waals surface area contributed by atoms with Gasteiger partial charge in [0.15, 0.2) is 6.10 Å². The molecule has 0 radical (unpaired) electrons. The number of aliphatic hydroxyl groups is 1. The van der Waals surface area contributed by atoms with Gasteiger partial charge >= 0.3 is 11.9 Å². The van der Waals surface area contributed by atoms with Crippen LogP contribution in [0.5, 0.6) is 11.5 Å². The van der Waals surface area contributed by atoms with Crippen molar-refractivity contribution in [3.8, 4) is 11.5 Å². The predicted molar refractivity (Wildman–Crippen MR) is 180 cm³/mol. The fraction of sp³-hybridized carbons (Fsp3) is 0.200. The van der Waals surface area contributed by atoms with Gasteiger partial charge in [0, 0.05) is 0 Å². The maximum atomic E-state index is 13.4. The summed E-state index contributed by atoms with van der Waals surface area (Å²) in [5.41, 5.74) is 2.56. The molecule has 1 N–H and O–H groups in total. The van der Waals surface area contributed by atoms with Crippen LogP contribution in [0.1, 0.15) is 31.8 Å². The Morgan fingerprint density at radius 2 is 1.10 bits per heavy atom. The summed E-state index contributed by atoms with van der Waals surface area (Å²) in [5.74, 6) is -0.481. The van der Waals surface area contributed by atoms with Crippen molar-refractivity contribution in [2.45, 2.75) is 43.9 Å². The molecule has 5 atom stereocenters. The highest BCUT2D eigenvalue weighted by Gasteiger charge is 2.50. The minimum absolute atomic E-state index is 0.00877. The Balaban J connectivity index is 1.24. The Hall–Kier alpha value is -5.32. The standard InChI is InChI=1S/C40H36O9/c41-35-34(27-44-25-28-13-5-1-6-14-28)48-40(47-33-23-21-32(22-24-33)46-38(42)30-17-9-3-10-18-30)37(49-39(43)31-19-11-4-12-20-31)36(35)45-26-29-15-7-2-8-16-29/h1-24,34-37,40-41H,25-27H2/t34-,35-,36+,37+,40+/m1/s1. The molecule has 9 heteroatoms. The summed E-state index contributed by atoms with van der Waals surface area (Å²) in [5, 5.41) is 11.6. The van der Waals surface area contributed by atoms with E-state index in [4.69, 9.17) is 28.4 Å². The van der Waals surface area contributed by atoms with E-state index in [-0.39, 0.29) is 13.2 Å². The molecule has 0 aromatic heterocycles. The van der Waals surface area contributed by atoms with E-state index in [9.17, 15) is 14.7 Å². The van der Waals surface area contributed by atoms with E-state index in [0.29, 0.717) is 29.2 Å². The second-order valence-electron chi connectivity index (χ2n) is 11.4. The average molecular weight is 661 g/mol. The molecular weight excluding hydrogens is 624 g/mol. The molecule has 0 amide bonds. The molecule has 0 saturated carbocycles. The molecular formula is C40H36O9. The summed E-state index contributed by atoms with van der Waals surface area (Å²) in [6.45, 7) is 0.437. The largest absolute Gasteiger partial charge is 0.461 e. The van der Waals surface area contributed by atoms with Crippen LogP contribution in [-0.4, -0.2) is 54.4 Å². The molecule has 6 rings (SSSR count). The smallest absolute Gasteiger partial charge is 0.343 e. The molecule has 1 aliphatic heterocycles. The zero-order chi connectivity index (χ0) is 33.8. The van der Waals surface area contributed by atoms with Crippen LogP contribution in [0.4, 0.5) is 0 Å². The van der Waals surface area contributed by atoms with Crippen molar-refractivity contribution in [1.29, 1.82) is 0 Å². The minimum Gasteiger partial charge on any atom is -0.461 e. The van der Waals surface area contributed by atoms with Crippen molar-refractivity contribution in [3.05, 3.63) is 168 Å². The summed E-state index contributed by atoms with van der Waals surface area (Å²) >= 11 is 0. The van der Waals surface area contributed by atoms with E-state index in [2.05, 4.69) is 0 Å². The summed E-state index contributed by atoms with van der Waals surface area (Å²) in [6, 6.07) is 42.7. The van der Waals surface area contributed by atoms with Gasteiger partial charge in [-0.05, 0) is 59.7 Å². The Morgan fingerprint density at radius 3 is 1.69 bits per heavy atom. The zero-order valence-electron chi connectivity index (χ0n) is 26.6. The van der Waals surface area contributed by atoms with Gasteiger partial charge in [0.25, 0.3) is 0 Å². The van der Waals surface area contributed by atoms with Crippen LogP contribution in [0.15, 0.2) is 146 Å². The van der Waals surface area contributed by atoms with Gasteiger partial charge in [-0.1, -0.05) is 97.1 Å². The van der Waals surface area contributed by atoms with Gasteiger partial charge in [0.05, 0.1) is 30.9 Å². The van der Waals surface area contributed by atoms with Crippen LogP contribution in [0.2, 0.25) is 0 Å². The summed E-state index contributed by atoms with van der Waals surface area (Å²) in [7, 11) is 0. The molecule has 1 fully saturated rings. The van der Waals surface area contributed by atoms with E-state index in [1.807, 2.05) is 66.7 Å². The number of benzene rings is 5. The van der Waals surface area contributed by atoms with Crippen molar-refractivity contribution in [2.75, 3.05) is 6.61 Å². The molecule has 0 spiro atoms. The number of aliphatic hydroxyl groups excluding tert-OH is 1. The predicted octanol–water partition coefficient (Wildman–Crippen LogP) is 6.40. The van der Waals surface area contributed by atoms with Gasteiger partial charge in [0.1, 0.15) is 29.8 Å². The van der Waals surface area contributed by atoms with Gasteiger partial charge in [-0.15, -0.1) is 0 Å². The highest BCUT2D eigenvalue weighted by molar-refractivity contribution is 5.91. The molecule has 1 heterocycles. The number of hydrogen-bond acceptors (Lipinski definition) is 9. The lowest BCUT2D eigenvalue weighted by molar-refractivity contribution is -0.289. The van der Waals surface area contributed by atoms with Crippen LogP contribution in [0.25, 0.3) is 0 Å². The Kier molecular flexibility index (Phi) is 11.4. The lowest BCUT2D eigenvalue weighted by Gasteiger charge is -2.43. The van der Waals surface area contributed by atoms with E-state index in [1.54, 1.807) is 78.9 Å². The number of rotatable bonds is 13. The first kappa shape index (κ1) is 33.6. The molecule has 5 aromatic carbocycles. The molecule has 49 heavy (non-hydrogen) atoms. The lowest BCUT2D eigenvalue weighted by Crippen LogP contribution is -2.62. The maximum Gasteiger partial charge on any atom is 0.343 e. The number of esters is 2. The van der Waals surface area contributed by atoms with E-state index < -0.39 is 42.6 Å². The third-order valence-corrected chi connectivity index (χ3v) is 7.85. The third-order valence-electron chi connectivity index (χ3n) is 7.85. The average Bonchev–Trinajstić information content (AvgIpc) is 3.15. The first-order chi connectivity index (χ1) is 24.0. The lowest BCUT2D eigenvalue weighted by atomic mass is 9.98. The second-order valence-corrected chi connectivity index (χ2v) is 11.4. The third kappa shape index (κ3) is 9.19. The summed E-state index contributed by atoms with van der Waals surface area (Å²) in [6.07, 6.45) is -5.59. The van der Waals surface area contributed by atoms with Crippen molar-refractivity contribution in [1.82, 2.24) is 0 Å². The number of hydrogen-bond donors (Lipinski definition) is 1. The topological polar surface area (TPSA) is 110 Å². The van der Waals surface area contributed by atoms with Crippen LogP contribution >= 0.6 is 0 Å². The van der Waals surface area contributed by atoms with Gasteiger partial charge in [-0.2, -0.15) is 0 Å².